The summed E-state index contributed by atoms with van der Waals surface area (Å²) in [6.07, 6.45) is 0.434. The summed E-state index contributed by atoms with van der Waals surface area (Å²) in [4.78, 5) is 4.10. The number of halogens is 4. The molecule has 0 aliphatic carbocycles. The number of hydrogen-bond acceptors (Lipinski definition) is 2. The normalized spacial score (nSPS) is 12.5. The second-order valence-electron chi connectivity index (χ2n) is 3.57. The van der Waals surface area contributed by atoms with Crippen LogP contribution >= 0.6 is 47.8 Å². The average molecular weight is 440 g/mol. The van der Waals surface area contributed by atoms with Gasteiger partial charge >= 0.3 is 0 Å². The maximum atomic E-state index is 13.9. The number of hydrogen-bond donors (Lipinski definition) is 1. The van der Waals surface area contributed by atoms with Gasteiger partial charge in [0.25, 0.3) is 0 Å². The maximum absolute atomic E-state index is 13.9. The Labute approximate surface area is 129 Å². The van der Waals surface area contributed by atoms with Crippen molar-refractivity contribution in [3.63, 3.8) is 0 Å². The van der Waals surface area contributed by atoms with E-state index >= 15 is 0 Å². The van der Waals surface area contributed by atoms with Crippen molar-refractivity contribution >= 4 is 47.8 Å². The molecule has 0 fully saturated rings. The van der Waals surface area contributed by atoms with Gasteiger partial charge in [-0.3, -0.25) is 4.98 Å². The molecule has 1 aromatic heterocycles. The highest BCUT2D eigenvalue weighted by molar-refractivity contribution is 9.11. The van der Waals surface area contributed by atoms with Gasteiger partial charge < -0.3 is 5.11 Å². The van der Waals surface area contributed by atoms with Crippen LogP contribution in [0.3, 0.4) is 0 Å². The van der Waals surface area contributed by atoms with Gasteiger partial charge in [-0.2, -0.15) is 0 Å². The summed E-state index contributed by atoms with van der Waals surface area (Å²) in [6.45, 7) is 0. The molecule has 18 heavy (non-hydrogen) atoms. The minimum Gasteiger partial charge on any atom is -0.382 e. The first-order valence-corrected chi connectivity index (χ1v) is 7.31. The Balaban J connectivity index is 2.48. The van der Waals surface area contributed by atoms with Crippen LogP contribution in [-0.4, -0.2) is 10.1 Å². The van der Waals surface area contributed by atoms with Crippen LogP contribution in [0.4, 0.5) is 4.39 Å². The van der Waals surface area contributed by atoms with Crippen LogP contribution in [0.15, 0.2) is 43.9 Å². The predicted molar refractivity (Wildman–Crippen MR) is 77.8 cm³/mol. The Hall–Kier alpha value is -0.300. The van der Waals surface area contributed by atoms with Crippen molar-refractivity contribution in [1.29, 1.82) is 0 Å². The summed E-state index contributed by atoms with van der Waals surface area (Å²) in [7, 11) is 0. The van der Waals surface area contributed by atoms with E-state index in [4.69, 9.17) is 0 Å². The largest absolute Gasteiger partial charge is 0.382 e. The molecule has 2 rings (SSSR count). The Kier molecular flexibility index (Phi) is 4.53. The van der Waals surface area contributed by atoms with Crippen LogP contribution in [0.2, 0.25) is 0 Å². The van der Waals surface area contributed by atoms with E-state index < -0.39 is 11.9 Å². The molecular weight excluding hydrogens is 433 g/mol. The third kappa shape index (κ3) is 2.82. The van der Waals surface area contributed by atoms with Crippen LogP contribution in [0.5, 0.6) is 0 Å². The number of pyridine rings is 1. The SMILES string of the molecule is OC(c1cccc(Br)c1F)c1ncc(Br)cc1Br. The fourth-order valence-corrected chi connectivity index (χ4v) is 3.09. The van der Waals surface area contributed by atoms with Crippen molar-refractivity contribution in [2.24, 2.45) is 0 Å². The van der Waals surface area contributed by atoms with E-state index in [2.05, 4.69) is 52.8 Å². The molecule has 94 valence electrons. The Morgan fingerprint density at radius 3 is 2.56 bits per heavy atom. The summed E-state index contributed by atoms with van der Waals surface area (Å²) < 4.78 is 15.6. The summed E-state index contributed by atoms with van der Waals surface area (Å²) >= 11 is 9.66. The maximum Gasteiger partial charge on any atom is 0.143 e. The molecule has 2 nitrogen and oxygen atoms in total. The smallest absolute Gasteiger partial charge is 0.143 e. The van der Waals surface area contributed by atoms with Gasteiger partial charge in [0, 0.05) is 20.7 Å². The Morgan fingerprint density at radius 2 is 1.89 bits per heavy atom. The van der Waals surface area contributed by atoms with Gasteiger partial charge in [-0.15, -0.1) is 0 Å². The number of nitrogens with zero attached hydrogens (tertiary/aromatic N) is 1. The summed E-state index contributed by atoms with van der Waals surface area (Å²) in [6, 6.07) is 6.52. The first-order valence-electron chi connectivity index (χ1n) is 4.93. The van der Waals surface area contributed by atoms with Crippen molar-refractivity contribution in [3.8, 4) is 0 Å². The molecule has 0 spiro atoms. The molecule has 0 saturated carbocycles. The molecule has 0 saturated heterocycles. The number of benzene rings is 1. The highest BCUT2D eigenvalue weighted by atomic mass is 79.9. The third-order valence-electron chi connectivity index (χ3n) is 2.37. The molecule has 1 heterocycles. The lowest BCUT2D eigenvalue weighted by Gasteiger charge is -2.13. The van der Waals surface area contributed by atoms with Gasteiger partial charge in [0.1, 0.15) is 11.9 Å². The lowest BCUT2D eigenvalue weighted by atomic mass is 10.1. The standard InChI is InChI=1S/C12H7Br3FNO/c13-6-4-9(15)11(17-5-6)12(18)7-2-1-3-8(14)10(7)16/h1-5,12,18H. The number of rotatable bonds is 2. The fourth-order valence-electron chi connectivity index (χ4n) is 1.51. The molecule has 0 aliphatic heterocycles. The summed E-state index contributed by atoms with van der Waals surface area (Å²) in [5.41, 5.74) is 0.551. The number of aliphatic hydroxyl groups is 1. The van der Waals surface area contributed by atoms with Gasteiger partial charge in [0.2, 0.25) is 0 Å². The number of aliphatic hydroxyl groups excluding tert-OH is 1. The minimum atomic E-state index is -1.12. The van der Waals surface area contributed by atoms with E-state index in [-0.39, 0.29) is 5.56 Å². The molecule has 2 aromatic rings. The van der Waals surface area contributed by atoms with E-state index in [9.17, 15) is 9.50 Å². The van der Waals surface area contributed by atoms with E-state index in [0.717, 1.165) is 4.47 Å². The van der Waals surface area contributed by atoms with Crippen molar-refractivity contribution in [1.82, 2.24) is 4.98 Å². The highest BCUT2D eigenvalue weighted by Crippen LogP contribution is 2.31. The highest BCUT2D eigenvalue weighted by Gasteiger charge is 2.20. The lowest BCUT2D eigenvalue weighted by molar-refractivity contribution is 0.209. The van der Waals surface area contributed by atoms with Crippen LogP contribution < -0.4 is 0 Å². The summed E-state index contributed by atoms with van der Waals surface area (Å²) in [5.74, 6) is -0.485. The zero-order valence-electron chi connectivity index (χ0n) is 8.87. The predicted octanol–water partition coefficient (Wildman–Crippen LogP) is 4.59. The Morgan fingerprint density at radius 1 is 1.17 bits per heavy atom. The van der Waals surface area contributed by atoms with Gasteiger partial charge in [-0.05, 0) is 59.9 Å². The van der Waals surface area contributed by atoms with E-state index in [1.165, 1.54) is 6.07 Å². The van der Waals surface area contributed by atoms with Gasteiger partial charge in [-0.1, -0.05) is 12.1 Å². The van der Waals surface area contributed by atoms with Gasteiger partial charge in [-0.25, -0.2) is 4.39 Å². The van der Waals surface area contributed by atoms with Gasteiger partial charge in [0.05, 0.1) is 10.2 Å². The minimum absolute atomic E-state index is 0.180. The molecular formula is C12H7Br3FNO. The van der Waals surface area contributed by atoms with Crippen molar-refractivity contribution in [2.75, 3.05) is 0 Å². The molecule has 1 N–H and O–H groups in total. The summed E-state index contributed by atoms with van der Waals surface area (Å²) in [5, 5.41) is 10.2. The fraction of sp³-hybridized carbons (Fsp3) is 0.0833. The van der Waals surface area contributed by atoms with Crippen LogP contribution in [0.25, 0.3) is 0 Å². The topological polar surface area (TPSA) is 33.1 Å². The molecule has 1 aromatic carbocycles. The molecule has 0 bridgehead atoms. The van der Waals surface area contributed by atoms with Crippen molar-refractivity contribution in [2.45, 2.75) is 6.10 Å². The molecule has 0 radical (unpaired) electrons. The average Bonchev–Trinajstić information content (AvgIpc) is 2.32. The molecule has 0 aliphatic rings. The first-order chi connectivity index (χ1) is 8.50. The van der Waals surface area contributed by atoms with Gasteiger partial charge in [0.15, 0.2) is 0 Å². The van der Waals surface area contributed by atoms with Crippen LogP contribution in [0.1, 0.15) is 17.4 Å². The van der Waals surface area contributed by atoms with Crippen LogP contribution in [-0.2, 0) is 0 Å². The van der Waals surface area contributed by atoms with Crippen LogP contribution in [0, 0.1) is 5.82 Å². The second-order valence-corrected chi connectivity index (χ2v) is 6.19. The second kappa shape index (κ2) is 5.77. The zero-order valence-corrected chi connectivity index (χ0v) is 13.6. The lowest BCUT2D eigenvalue weighted by Crippen LogP contribution is -2.06. The zero-order chi connectivity index (χ0) is 13.3. The molecule has 1 atom stereocenters. The Bertz CT molecular complexity index is 592. The quantitative estimate of drug-likeness (QED) is 0.742. The number of aromatic nitrogens is 1. The first kappa shape index (κ1) is 14.1. The van der Waals surface area contributed by atoms with E-state index in [1.54, 1.807) is 24.4 Å². The van der Waals surface area contributed by atoms with E-state index in [0.29, 0.717) is 14.6 Å². The monoisotopic (exact) mass is 437 g/mol. The van der Waals surface area contributed by atoms with Crippen molar-refractivity contribution in [3.05, 3.63) is 61.0 Å². The molecule has 1 unspecified atom stereocenters. The molecule has 0 amide bonds. The molecule has 6 heteroatoms. The van der Waals surface area contributed by atoms with E-state index in [1.807, 2.05) is 0 Å². The van der Waals surface area contributed by atoms with Crippen molar-refractivity contribution < 1.29 is 9.50 Å². The third-order valence-corrected chi connectivity index (χ3v) is 4.05.